The molecule has 1 aromatic rings. The molecule has 0 spiro atoms. The van der Waals surface area contributed by atoms with E-state index in [2.05, 4.69) is 15.6 Å². The molecule has 1 unspecified atom stereocenters. The van der Waals surface area contributed by atoms with Crippen LogP contribution < -0.4 is 10.6 Å². The first kappa shape index (κ1) is 18.3. The van der Waals surface area contributed by atoms with Crippen molar-refractivity contribution in [1.82, 2.24) is 20.5 Å². The number of likely N-dealkylation sites (N-methyl/N-ethyl adjacent to an activating group) is 1. The number of amides is 2. The van der Waals surface area contributed by atoms with Gasteiger partial charge in [-0.2, -0.15) is 0 Å². The van der Waals surface area contributed by atoms with Crippen molar-refractivity contribution in [3.8, 4) is 0 Å². The van der Waals surface area contributed by atoms with E-state index in [1.54, 1.807) is 0 Å². The van der Waals surface area contributed by atoms with Gasteiger partial charge in [0.05, 0.1) is 22.6 Å². The molecule has 0 aliphatic carbocycles. The van der Waals surface area contributed by atoms with Gasteiger partial charge in [-0.25, -0.2) is 8.42 Å². The highest BCUT2D eigenvalue weighted by Gasteiger charge is 2.29. The third-order valence-corrected chi connectivity index (χ3v) is 5.44. The molecule has 1 aliphatic rings. The zero-order valence-corrected chi connectivity index (χ0v) is 14.6. The van der Waals surface area contributed by atoms with Crippen LogP contribution in [0.15, 0.2) is 18.5 Å². The van der Waals surface area contributed by atoms with Crippen molar-refractivity contribution >= 4 is 21.7 Å². The Morgan fingerprint density at radius 1 is 1.25 bits per heavy atom. The Bertz CT molecular complexity index is 718. The van der Waals surface area contributed by atoms with Gasteiger partial charge in [-0.05, 0) is 26.6 Å². The van der Waals surface area contributed by atoms with E-state index in [0.717, 1.165) is 0 Å². The molecule has 1 saturated heterocycles. The molecule has 0 aromatic carbocycles. The summed E-state index contributed by atoms with van der Waals surface area (Å²) in [6.45, 7) is 1.19. The molecule has 1 atom stereocenters. The summed E-state index contributed by atoms with van der Waals surface area (Å²) in [6.07, 6.45) is 3.16. The summed E-state index contributed by atoms with van der Waals surface area (Å²) in [5.74, 6) is -0.684. The van der Waals surface area contributed by atoms with E-state index in [-0.39, 0.29) is 29.0 Å². The number of carbonyl (C=O) groups excluding carboxylic acids is 2. The summed E-state index contributed by atoms with van der Waals surface area (Å²) < 4.78 is 22.9. The van der Waals surface area contributed by atoms with Gasteiger partial charge in [0.15, 0.2) is 9.84 Å². The summed E-state index contributed by atoms with van der Waals surface area (Å²) in [6, 6.07) is 1.07. The highest BCUT2D eigenvalue weighted by molar-refractivity contribution is 7.91. The van der Waals surface area contributed by atoms with E-state index in [4.69, 9.17) is 0 Å². The topological polar surface area (TPSA) is 108 Å². The molecule has 132 valence electrons. The summed E-state index contributed by atoms with van der Waals surface area (Å²) >= 11 is 0. The predicted octanol–water partition coefficient (Wildman–Crippen LogP) is -0.710. The molecular weight excluding hydrogens is 332 g/mol. The lowest BCUT2D eigenvalue weighted by Gasteiger charge is -2.12. The zero-order valence-electron chi connectivity index (χ0n) is 13.8. The maximum absolute atomic E-state index is 12.2. The summed E-state index contributed by atoms with van der Waals surface area (Å²) in [4.78, 5) is 30.1. The SMILES string of the molecule is CN(C)CCNC(=O)c1cncc(C(=O)NC2CCS(=O)(=O)C2)c1. The number of sulfone groups is 1. The van der Waals surface area contributed by atoms with Crippen molar-refractivity contribution < 1.29 is 18.0 Å². The summed E-state index contributed by atoms with van der Waals surface area (Å²) in [7, 11) is 0.749. The molecule has 2 heterocycles. The first-order valence-electron chi connectivity index (χ1n) is 7.66. The van der Waals surface area contributed by atoms with Crippen LogP contribution in [0.4, 0.5) is 0 Å². The van der Waals surface area contributed by atoms with Crippen molar-refractivity contribution in [3.63, 3.8) is 0 Å². The molecule has 8 nitrogen and oxygen atoms in total. The molecule has 0 bridgehead atoms. The number of nitrogens with zero attached hydrogens (tertiary/aromatic N) is 2. The van der Waals surface area contributed by atoms with Gasteiger partial charge in [0, 0.05) is 31.5 Å². The van der Waals surface area contributed by atoms with E-state index in [0.29, 0.717) is 25.1 Å². The lowest BCUT2D eigenvalue weighted by atomic mass is 10.1. The standard InChI is InChI=1S/C15H22N4O4S/c1-19(2)5-4-17-14(20)11-7-12(9-16-8-11)15(21)18-13-3-6-24(22,23)10-13/h7-9,13H,3-6,10H2,1-2H3,(H,17,20)(H,18,21). The van der Waals surface area contributed by atoms with Gasteiger partial charge in [-0.15, -0.1) is 0 Å². The summed E-state index contributed by atoms with van der Waals surface area (Å²) in [5.41, 5.74) is 0.528. The van der Waals surface area contributed by atoms with Gasteiger partial charge in [0.2, 0.25) is 0 Å². The zero-order chi connectivity index (χ0) is 17.7. The molecule has 0 saturated carbocycles. The Labute approximate surface area is 141 Å². The molecule has 2 N–H and O–H groups in total. The van der Waals surface area contributed by atoms with Crippen LogP contribution in [0.2, 0.25) is 0 Å². The fourth-order valence-electron chi connectivity index (χ4n) is 2.36. The fraction of sp³-hybridized carbons (Fsp3) is 0.533. The van der Waals surface area contributed by atoms with Gasteiger partial charge in [0.1, 0.15) is 0 Å². The first-order valence-corrected chi connectivity index (χ1v) is 9.48. The van der Waals surface area contributed by atoms with E-state index in [1.165, 1.54) is 18.5 Å². The second-order valence-electron chi connectivity index (χ2n) is 6.09. The highest BCUT2D eigenvalue weighted by Crippen LogP contribution is 2.12. The molecule has 2 amide bonds. The van der Waals surface area contributed by atoms with Crippen molar-refractivity contribution in [3.05, 3.63) is 29.6 Å². The smallest absolute Gasteiger partial charge is 0.253 e. The molecule has 1 aromatic heterocycles. The third kappa shape index (κ3) is 5.27. The Morgan fingerprint density at radius 3 is 2.50 bits per heavy atom. The minimum atomic E-state index is -3.06. The van der Waals surface area contributed by atoms with Crippen LogP contribution in [0, 0.1) is 0 Å². The van der Waals surface area contributed by atoms with E-state index in [9.17, 15) is 18.0 Å². The van der Waals surface area contributed by atoms with Crippen LogP contribution in [-0.4, -0.2) is 74.8 Å². The number of hydrogen-bond acceptors (Lipinski definition) is 6. The highest BCUT2D eigenvalue weighted by atomic mass is 32.2. The number of nitrogens with one attached hydrogen (secondary N) is 2. The minimum absolute atomic E-state index is 0.0448. The van der Waals surface area contributed by atoms with Crippen LogP contribution in [0.3, 0.4) is 0 Å². The van der Waals surface area contributed by atoms with Gasteiger partial charge < -0.3 is 15.5 Å². The number of carbonyl (C=O) groups is 2. The average molecular weight is 354 g/mol. The lowest BCUT2D eigenvalue weighted by molar-refractivity contribution is 0.0940. The lowest BCUT2D eigenvalue weighted by Crippen LogP contribution is -2.36. The van der Waals surface area contributed by atoms with Crippen molar-refractivity contribution in [1.29, 1.82) is 0 Å². The number of pyridine rings is 1. The first-order chi connectivity index (χ1) is 11.3. The van der Waals surface area contributed by atoms with Crippen molar-refractivity contribution in [2.24, 2.45) is 0 Å². The van der Waals surface area contributed by atoms with Gasteiger partial charge in [-0.1, -0.05) is 0 Å². The van der Waals surface area contributed by atoms with Gasteiger partial charge in [-0.3, -0.25) is 14.6 Å². The Hall–Kier alpha value is -2.00. The molecular formula is C15H22N4O4S. The summed E-state index contributed by atoms with van der Waals surface area (Å²) in [5, 5.41) is 5.43. The van der Waals surface area contributed by atoms with Crippen LogP contribution in [0.25, 0.3) is 0 Å². The van der Waals surface area contributed by atoms with Gasteiger partial charge >= 0.3 is 0 Å². The van der Waals surface area contributed by atoms with Crippen LogP contribution in [0.1, 0.15) is 27.1 Å². The Balaban J connectivity index is 1.96. The molecule has 1 aliphatic heterocycles. The molecule has 9 heteroatoms. The van der Waals surface area contributed by atoms with E-state index in [1.807, 2.05) is 19.0 Å². The van der Waals surface area contributed by atoms with Crippen LogP contribution >= 0.6 is 0 Å². The molecule has 24 heavy (non-hydrogen) atoms. The molecule has 2 rings (SSSR count). The second-order valence-corrected chi connectivity index (χ2v) is 8.32. The van der Waals surface area contributed by atoms with E-state index >= 15 is 0 Å². The molecule has 0 radical (unpaired) electrons. The van der Waals surface area contributed by atoms with Crippen LogP contribution in [0.5, 0.6) is 0 Å². The maximum Gasteiger partial charge on any atom is 0.253 e. The third-order valence-electron chi connectivity index (χ3n) is 3.67. The minimum Gasteiger partial charge on any atom is -0.351 e. The largest absolute Gasteiger partial charge is 0.351 e. The number of aromatic nitrogens is 1. The van der Waals surface area contributed by atoms with Crippen molar-refractivity contribution in [2.75, 3.05) is 38.7 Å². The Kier molecular flexibility index (Phi) is 5.89. The second kappa shape index (κ2) is 7.71. The van der Waals surface area contributed by atoms with E-state index < -0.39 is 15.7 Å². The monoisotopic (exact) mass is 354 g/mol. The fourth-order valence-corrected chi connectivity index (χ4v) is 4.03. The average Bonchev–Trinajstić information content (AvgIpc) is 2.85. The number of hydrogen-bond donors (Lipinski definition) is 2. The number of rotatable bonds is 6. The van der Waals surface area contributed by atoms with Gasteiger partial charge in [0.25, 0.3) is 11.8 Å². The predicted molar refractivity (Wildman–Crippen MR) is 89.6 cm³/mol. The maximum atomic E-state index is 12.2. The quantitative estimate of drug-likeness (QED) is 0.699. The molecule has 1 fully saturated rings. The van der Waals surface area contributed by atoms with Crippen LogP contribution in [-0.2, 0) is 9.84 Å². The Morgan fingerprint density at radius 2 is 1.92 bits per heavy atom. The normalized spacial score (nSPS) is 19.2. The van der Waals surface area contributed by atoms with Crippen molar-refractivity contribution in [2.45, 2.75) is 12.5 Å².